The van der Waals surface area contributed by atoms with E-state index in [1.54, 1.807) is 12.1 Å². The summed E-state index contributed by atoms with van der Waals surface area (Å²) < 4.78 is 26.2. The molecule has 0 saturated carbocycles. The Balaban J connectivity index is 1.75. The van der Waals surface area contributed by atoms with Crippen LogP contribution in [0, 0.1) is 0 Å². The number of benzene rings is 2. The predicted molar refractivity (Wildman–Crippen MR) is 121 cm³/mol. The van der Waals surface area contributed by atoms with Gasteiger partial charge in [0.2, 0.25) is 21.8 Å². The van der Waals surface area contributed by atoms with E-state index in [2.05, 4.69) is 15.4 Å². The molecule has 1 heterocycles. The second-order valence-corrected chi connectivity index (χ2v) is 9.42. The highest BCUT2D eigenvalue weighted by molar-refractivity contribution is 7.88. The maximum Gasteiger partial charge on any atom is 0.247 e. The van der Waals surface area contributed by atoms with Crippen molar-refractivity contribution in [3.8, 4) is 0 Å². The smallest absolute Gasteiger partial charge is 0.247 e. The van der Waals surface area contributed by atoms with Gasteiger partial charge in [-0.05, 0) is 49.1 Å². The average Bonchev–Trinajstić information content (AvgIpc) is 3.23. The molecule has 2 amide bonds. The van der Waals surface area contributed by atoms with Crippen LogP contribution in [-0.2, 0) is 26.0 Å². The summed E-state index contributed by atoms with van der Waals surface area (Å²) in [4.78, 5) is 27.7. The Bertz CT molecular complexity index is 1010. The Morgan fingerprint density at radius 1 is 1.06 bits per heavy atom. The Kier molecular flexibility index (Phi) is 7.29. The van der Waals surface area contributed by atoms with Crippen LogP contribution in [0.5, 0.6) is 0 Å². The molecule has 3 rings (SSSR count). The molecule has 1 fully saturated rings. The molecular formula is C22H28N4O4S. The first-order valence-electron chi connectivity index (χ1n) is 10.2. The molecule has 2 aromatic carbocycles. The first-order chi connectivity index (χ1) is 14.8. The Morgan fingerprint density at radius 3 is 2.32 bits per heavy atom. The number of carbonyl (C=O) groups is 2. The van der Waals surface area contributed by atoms with Crippen molar-refractivity contribution in [1.29, 1.82) is 0 Å². The van der Waals surface area contributed by atoms with Crippen LogP contribution in [0.4, 0.5) is 11.4 Å². The fourth-order valence-corrected chi connectivity index (χ4v) is 4.44. The van der Waals surface area contributed by atoms with E-state index in [0.717, 1.165) is 17.5 Å². The molecule has 3 N–H and O–H groups in total. The van der Waals surface area contributed by atoms with Crippen molar-refractivity contribution in [2.75, 3.05) is 30.5 Å². The third-order valence-corrected chi connectivity index (χ3v) is 5.93. The second kappa shape index (κ2) is 9.93. The number of hydrogen-bond donors (Lipinski definition) is 3. The predicted octanol–water partition coefficient (Wildman–Crippen LogP) is 1.82. The van der Waals surface area contributed by atoms with Gasteiger partial charge >= 0.3 is 0 Å². The summed E-state index contributed by atoms with van der Waals surface area (Å²) in [6, 6.07) is 14.9. The number of amides is 2. The van der Waals surface area contributed by atoms with Gasteiger partial charge in [0.1, 0.15) is 12.1 Å². The minimum absolute atomic E-state index is 0.211. The zero-order valence-corrected chi connectivity index (χ0v) is 18.5. The van der Waals surface area contributed by atoms with Gasteiger partial charge in [-0.25, -0.2) is 13.1 Å². The van der Waals surface area contributed by atoms with Crippen molar-refractivity contribution in [3.63, 3.8) is 0 Å². The number of carbonyl (C=O) groups excluding carboxylic acids is 2. The number of anilines is 2. The van der Waals surface area contributed by atoms with E-state index in [1.807, 2.05) is 49.5 Å². The number of nitrogens with zero attached hydrogens (tertiary/aromatic N) is 1. The van der Waals surface area contributed by atoms with Crippen molar-refractivity contribution in [2.45, 2.75) is 31.3 Å². The second-order valence-electron chi connectivity index (χ2n) is 7.64. The molecule has 31 heavy (non-hydrogen) atoms. The van der Waals surface area contributed by atoms with E-state index in [1.165, 1.54) is 4.90 Å². The molecule has 0 aliphatic carbocycles. The monoisotopic (exact) mass is 444 g/mol. The van der Waals surface area contributed by atoms with Gasteiger partial charge in [-0.2, -0.15) is 0 Å². The van der Waals surface area contributed by atoms with Gasteiger partial charge in [-0.1, -0.05) is 30.3 Å². The van der Waals surface area contributed by atoms with Crippen LogP contribution >= 0.6 is 0 Å². The molecule has 9 heteroatoms. The lowest BCUT2D eigenvalue weighted by Gasteiger charge is -2.28. The highest BCUT2D eigenvalue weighted by atomic mass is 32.2. The van der Waals surface area contributed by atoms with Gasteiger partial charge in [0, 0.05) is 25.0 Å². The molecule has 0 bridgehead atoms. The normalized spacial score (nSPS) is 17.2. The summed E-state index contributed by atoms with van der Waals surface area (Å²) in [5.74, 6) is -0.668. The molecule has 0 radical (unpaired) electrons. The van der Waals surface area contributed by atoms with Gasteiger partial charge in [0.25, 0.3) is 0 Å². The van der Waals surface area contributed by atoms with E-state index < -0.39 is 28.0 Å². The zero-order valence-electron chi connectivity index (χ0n) is 17.7. The highest BCUT2D eigenvalue weighted by Gasteiger charge is 2.38. The molecule has 0 unspecified atom stereocenters. The summed E-state index contributed by atoms with van der Waals surface area (Å²) in [6.45, 7) is 0.409. The first-order valence-corrected chi connectivity index (χ1v) is 12.1. The molecule has 2 atom stereocenters. The van der Waals surface area contributed by atoms with Gasteiger partial charge < -0.3 is 15.5 Å². The van der Waals surface area contributed by atoms with Crippen molar-refractivity contribution in [1.82, 2.24) is 9.62 Å². The van der Waals surface area contributed by atoms with Gasteiger partial charge in [-0.3, -0.25) is 9.59 Å². The van der Waals surface area contributed by atoms with E-state index >= 15 is 0 Å². The van der Waals surface area contributed by atoms with E-state index in [0.29, 0.717) is 25.1 Å². The summed E-state index contributed by atoms with van der Waals surface area (Å²) >= 11 is 0. The van der Waals surface area contributed by atoms with E-state index in [4.69, 9.17) is 0 Å². The van der Waals surface area contributed by atoms with Crippen LogP contribution in [0.25, 0.3) is 0 Å². The number of rotatable bonds is 8. The topological polar surface area (TPSA) is 108 Å². The Morgan fingerprint density at radius 2 is 1.71 bits per heavy atom. The van der Waals surface area contributed by atoms with Crippen molar-refractivity contribution >= 4 is 33.2 Å². The number of likely N-dealkylation sites (tertiary alicyclic amines) is 1. The van der Waals surface area contributed by atoms with Crippen molar-refractivity contribution in [2.24, 2.45) is 0 Å². The number of nitrogens with one attached hydrogen (secondary N) is 3. The van der Waals surface area contributed by atoms with E-state index in [9.17, 15) is 18.0 Å². The minimum Gasteiger partial charge on any atom is -0.388 e. The summed E-state index contributed by atoms with van der Waals surface area (Å²) in [5, 5.41) is 5.87. The zero-order chi connectivity index (χ0) is 22.4. The van der Waals surface area contributed by atoms with Gasteiger partial charge in [0.05, 0.1) is 6.26 Å². The fourth-order valence-electron chi connectivity index (χ4n) is 3.74. The molecule has 1 aliphatic heterocycles. The van der Waals surface area contributed by atoms with Crippen LogP contribution < -0.4 is 15.4 Å². The average molecular weight is 445 g/mol. The van der Waals surface area contributed by atoms with Gasteiger partial charge in [-0.15, -0.1) is 0 Å². The fraction of sp³-hybridized carbons (Fsp3) is 0.364. The SMILES string of the molecule is CNc1ccc(NC(=O)[C@@H]2CCCN2C(=O)[C@@H](Cc2ccccc2)NS(C)(=O)=O)cc1. The van der Waals surface area contributed by atoms with Crippen molar-refractivity contribution < 1.29 is 18.0 Å². The lowest BCUT2D eigenvalue weighted by atomic mass is 10.1. The van der Waals surface area contributed by atoms with Crippen LogP contribution in [0.15, 0.2) is 54.6 Å². The Hall–Kier alpha value is -2.91. The Labute approximate surface area is 183 Å². The molecule has 166 valence electrons. The standard InChI is InChI=1S/C22H28N4O4S/c1-23-17-10-12-18(13-11-17)24-21(27)20-9-6-14-26(20)22(28)19(25-31(2,29)30)15-16-7-4-3-5-8-16/h3-5,7-8,10-13,19-20,23,25H,6,9,14-15H2,1-2H3,(H,24,27)/t19-,20+/m1/s1. The minimum atomic E-state index is -3.61. The molecular weight excluding hydrogens is 416 g/mol. The van der Waals surface area contributed by atoms with Crippen LogP contribution in [0.3, 0.4) is 0 Å². The first kappa shape index (κ1) is 22.8. The van der Waals surface area contributed by atoms with Crippen LogP contribution in [0.2, 0.25) is 0 Å². The largest absolute Gasteiger partial charge is 0.388 e. The maximum atomic E-state index is 13.3. The molecule has 8 nitrogen and oxygen atoms in total. The quantitative estimate of drug-likeness (QED) is 0.576. The molecule has 0 spiro atoms. The number of sulfonamides is 1. The highest BCUT2D eigenvalue weighted by Crippen LogP contribution is 2.22. The van der Waals surface area contributed by atoms with Gasteiger partial charge in [0.15, 0.2) is 0 Å². The lowest BCUT2D eigenvalue weighted by Crippen LogP contribution is -2.53. The van der Waals surface area contributed by atoms with Crippen LogP contribution in [-0.4, -0.2) is 57.1 Å². The van der Waals surface area contributed by atoms with E-state index in [-0.39, 0.29) is 12.3 Å². The third-order valence-electron chi connectivity index (χ3n) is 5.22. The number of hydrogen-bond acceptors (Lipinski definition) is 5. The molecule has 0 aromatic heterocycles. The summed E-state index contributed by atoms with van der Waals surface area (Å²) in [5.41, 5.74) is 2.39. The summed E-state index contributed by atoms with van der Waals surface area (Å²) in [6.07, 6.45) is 2.45. The molecule has 1 saturated heterocycles. The maximum absolute atomic E-state index is 13.3. The lowest BCUT2D eigenvalue weighted by molar-refractivity contribution is -0.138. The summed E-state index contributed by atoms with van der Waals surface area (Å²) in [7, 11) is -1.80. The van der Waals surface area contributed by atoms with Crippen LogP contribution in [0.1, 0.15) is 18.4 Å². The molecule has 1 aliphatic rings. The van der Waals surface area contributed by atoms with Crippen molar-refractivity contribution in [3.05, 3.63) is 60.2 Å². The molecule has 2 aromatic rings. The third kappa shape index (κ3) is 6.28.